The number of cyclic esters (lactones) is 1. The first kappa shape index (κ1) is 42.1. The van der Waals surface area contributed by atoms with Crippen LogP contribution in [0, 0.1) is 0 Å². The highest BCUT2D eigenvalue weighted by Crippen LogP contribution is 2.23. The lowest BCUT2D eigenvalue weighted by molar-refractivity contribution is -0.173. The number of ether oxygens (including phenoxy) is 3. The maximum absolute atomic E-state index is 12.5. The minimum Gasteiger partial charge on any atom is -0.456 e. The van der Waals surface area contributed by atoms with Crippen molar-refractivity contribution in [2.45, 2.75) is 212 Å². The number of unbranched alkanes of at least 4 members (excludes halogenated alkanes) is 24. The molecule has 268 valence electrons. The maximum atomic E-state index is 12.5. The van der Waals surface area contributed by atoms with E-state index in [0.29, 0.717) is 12.8 Å². The first-order chi connectivity index (χ1) is 22.4. The van der Waals surface area contributed by atoms with Crippen LogP contribution in [0.25, 0.3) is 0 Å². The number of ketones is 1. The van der Waals surface area contributed by atoms with Crippen LogP contribution in [0.2, 0.25) is 0 Å². The summed E-state index contributed by atoms with van der Waals surface area (Å²) in [5.41, 5.74) is 0. The average Bonchev–Trinajstić information content (AvgIpc) is 3.32. The van der Waals surface area contributed by atoms with Gasteiger partial charge in [-0.1, -0.05) is 168 Å². The SMILES string of the molecule is CCCCCCCCCCCCCCCC(=O)OC1C(=O)C(=O)O[C@@H]1[C@H](CO)OC(=O)CCCCCCCCCCCCCCC. The van der Waals surface area contributed by atoms with Crippen LogP contribution >= 0.6 is 0 Å². The van der Waals surface area contributed by atoms with Gasteiger partial charge in [-0.15, -0.1) is 0 Å². The molecule has 1 aliphatic heterocycles. The van der Waals surface area contributed by atoms with Crippen molar-refractivity contribution < 1.29 is 38.5 Å². The summed E-state index contributed by atoms with van der Waals surface area (Å²) in [6.45, 7) is 3.83. The van der Waals surface area contributed by atoms with Crippen LogP contribution < -0.4 is 0 Å². The summed E-state index contributed by atoms with van der Waals surface area (Å²) >= 11 is 0. The number of hydrogen-bond donors (Lipinski definition) is 1. The van der Waals surface area contributed by atoms with Gasteiger partial charge in [0, 0.05) is 12.8 Å². The topological polar surface area (TPSA) is 116 Å². The summed E-state index contributed by atoms with van der Waals surface area (Å²) in [4.78, 5) is 49.3. The van der Waals surface area contributed by atoms with E-state index in [1.54, 1.807) is 0 Å². The van der Waals surface area contributed by atoms with Crippen LogP contribution in [-0.2, 0) is 33.4 Å². The molecule has 1 fully saturated rings. The van der Waals surface area contributed by atoms with E-state index in [0.717, 1.165) is 38.5 Å². The fourth-order valence-corrected chi connectivity index (χ4v) is 6.11. The Hall–Kier alpha value is -1.96. The minimum atomic E-state index is -1.51. The molecule has 0 aromatic rings. The highest BCUT2D eigenvalue weighted by Gasteiger charge is 2.51. The molecule has 1 aliphatic rings. The van der Waals surface area contributed by atoms with E-state index in [1.807, 2.05) is 0 Å². The number of Topliss-reactive ketones (excluding diaryl/α,β-unsaturated/α-hetero) is 1. The molecular formula is C38H68O8. The number of carbonyl (C=O) groups is 4. The van der Waals surface area contributed by atoms with Crippen LogP contribution in [0.1, 0.15) is 194 Å². The Kier molecular flexibility index (Phi) is 26.7. The number of carbonyl (C=O) groups excluding carboxylic acids is 4. The molecule has 8 heteroatoms. The van der Waals surface area contributed by atoms with Crippen molar-refractivity contribution in [3.8, 4) is 0 Å². The van der Waals surface area contributed by atoms with E-state index < -0.39 is 48.6 Å². The van der Waals surface area contributed by atoms with Crippen LogP contribution in [-0.4, -0.2) is 53.7 Å². The third kappa shape index (κ3) is 21.0. The summed E-state index contributed by atoms with van der Waals surface area (Å²) in [6.07, 6.45) is 27.2. The van der Waals surface area contributed by atoms with Gasteiger partial charge in [0.05, 0.1) is 6.61 Å². The second-order valence-corrected chi connectivity index (χ2v) is 13.3. The van der Waals surface area contributed by atoms with Crippen molar-refractivity contribution in [2.24, 2.45) is 0 Å². The molecule has 0 aliphatic carbocycles. The highest BCUT2D eigenvalue weighted by atomic mass is 16.6. The zero-order valence-corrected chi connectivity index (χ0v) is 29.5. The van der Waals surface area contributed by atoms with Crippen molar-refractivity contribution in [1.82, 2.24) is 0 Å². The van der Waals surface area contributed by atoms with Gasteiger partial charge < -0.3 is 19.3 Å². The molecule has 1 heterocycles. The number of aliphatic hydroxyl groups is 1. The molecular weight excluding hydrogens is 584 g/mol. The molecule has 8 nitrogen and oxygen atoms in total. The number of hydrogen-bond acceptors (Lipinski definition) is 8. The predicted molar refractivity (Wildman–Crippen MR) is 182 cm³/mol. The van der Waals surface area contributed by atoms with E-state index in [-0.39, 0.29) is 12.8 Å². The van der Waals surface area contributed by atoms with Gasteiger partial charge in [-0.3, -0.25) is 14.4 Å². The fourth-order valence-electron chi connectivity index (χ4n) is 6.11. The molecule has 3 atom stereocenters. The van der Waals surface area contributed by atoms with Crippen LogP contribution in [0.5, 0.6) is 0 Å². The summed E-state index contributed by atoms with van der Waals surface area (Å²) < 4.78 is 15.8. The molecule has 46 heavy (non-hydrogen) atoms. The van der Waals surface area contributed by atoms with Gasteiger partial charge in [-0.25, -0.2) is 4.79 Å². The number of aliphatic hydroxyl groups excluding tert-OH is 1. The van der Waals surface area contributed by atoms with Gasteiger partial charge in [0.15, 0.2) is 12.2 Å². The molecule has 1 N–H and O–H groups in total. The second kappa shape index (κ2) is 29.2. The molecule has 0 saturated carbocycles. The molecule has 1 rings (SSSR count). The quantitative estimate of drug-likeness (QED) is 0.0331. The van der Waals surface area contributed by atoms with E-state index in [4.69, 9.17) is 14.2 Å². The lowest BCUT2D eigenvalue weighted by Crippen LogP contribution is -2.44. The van der Waals surface area contributed by atoms with Crippen LogP contribution in [0.4, 0.5) is 0 Å². The molecule has 1 saturated heterocycles. The van der Waals surface area contributed by atoms with Crippen molar-refractivity contribution in [3.05, 3.63) is 0 Å². The van der Waals surface area contributed by atoms with Crippen molar-refractivity contribution in [3.63, 3.8) is 0 Å². The Labute approximate surface area is 280 Å². The van der Waals surface area contributed by atoms with Crippen molar-refractivity contribution >= 4 is 23.7 Å². The molecule has 0 radical (unpaired) electrons. The van der Waals surface area contributed by atoms with E-state index in [2.05, 4.69) is 13.8 Å². The molecule has 0 aromatic heterocycles. The number of rotatable bonds is 32. The average molecular weight is 653 g/mol. The molecule has 1 unspecified atom stereocenters. The fraction of sp³-hybridized carbons (Fsp3) is 0.895. The van der Waals surface area contributed by atoms with Gasteiger partial charge in [0.25, 0.3) is 5.78 Å². The maximum Gasteiger partial charge on any atom is 0.379 e. The van der Waals surface area contributed by atoms with Crippen LogP contribution in [0.3, 0.4) is 0 Å². The smallest absolute Gasteiger partial charge is 0.379 e. The van der Waals surface area contributed by atoms with Gasteiger partial charge in [-0.05, 0) is 12.8 Å². The Balaban J connectivity index is 2.20. The summed E-state index contributed by atoms with van der Waals surface area (Å²) in [5.74, 6) is -3.27. The summed E-state index contributed by atoms with van der Waals surface area (Å²) in [5, 5.41) is 9.86. The van der Waals surface area contributed by atoms with E-state index in [9.17, 15) is 24.3 Å². The van der Waals surface area contributed by atoms with Gasteiger partial charge in [0.1, 0.15) is 0 Å². The van der Waals surface area contributed by atoms with E-state index in [1.165, 1.54) is 116 Å². The monoisotopic (exact) mass is 652 g/mol. The lowest BCUT2D eigenvalue weighted by Gasteiger charge is -2.24. The Morgan fingerprint density at radius 2 is 0.935 bits per heavy atom. The third-order valence-corrected chi connectivity index (χ3v) is 9.06. The first-order valence-corrected chi connectivity index (χ1v) is 19.2. The summed E-state index contributed by atoms with van der Waals surface area (Å²) in [7, 11) is 0. The Morgan fingerprint density at radius 1 is 0.587 bits per heavy atom. The zero-order chi connectivity index (χ0) is 33.7. The van der Waals surface area contributed by atoms with Gasteiger partial charge in [0.2, 0.25) is 6.10 Å². The first-order valence-electron chi connectivity index (χ1n) is 19.2. The zero-order valence-electron chi connectivity index (χ0n) is 29.5. The largest absolute Gasteiger partial charge is 0.456 e. The predicted octanol–water partition coefficient (Wildman–Crippen LogP) is 9.26. The Morgan fingerprint density at radius 3 is 1.30 bits per heavy atom. The molecule has 0 amide bonds. The second-order valence-electron chi connectivity index (χ2n) is 13.3. The molecule has 0 bridgehead atoms. The molecule has 0 spiro atoms. The standard InChI is InChI=1S/C38H68O8/c1-3-5-7-9-11-13-15-17-19-21-23-25-27-29-33(40)44-32(31-39)36-37(35(42)38(43)46-36)45-34(41)30-28-26-24-22-20-18-16-14-12-10-8-6-4-2/h32,36-37,39H,3-31H2,1-2H3/t32-,36+,37?/m0/s1. The van der Waals surface area contributed by atoms with E-state index >= 15 is 0 Å². The third-order valence-electron chi connectivity index (χ3n) is 9.06. The van der Waals surface area contributed by atoms with Crippen molar-refractivity contribution in [2.75, 3.05) is 6.61 Å². The number of esters is 3. The van der Waals surface area contributed by atoms with Gasteiger partial charge in [-0.2, -0.15) is 0 Å². The highest BCUT2D eigenvalue weighted by molar-refractivity contribution is 6.37. The Bertz CT molecular complexity index is 798. The normalized spacial score (nSPS) is 16.8. The van der Waals surface area contributed by atoms with Gasteiger partial charge >= 0.3 is 17.9 Å². The summed E-state index contributed by atoms with van der Waals surface area (Å²) in [6, 6.07) is 0. The molecule has 0 aromatic carbocycles. The van der Waals surface area contributed by atoms with Crippen molar-refractivity contribution in [1.29, 1.82) is 0 Å². The minimum absolute atomic E-state index is 0.130. The van der Waals surface area contributed by atoms with Crippen LogP contribution in [0.15, 0.2) is 0 Å². The lowest BCUT2D eigenvalue weighted by atomic mass is 10.0.